The Morgan fingerprint density at radius 3 is 2.52 bits per heavy atom. The molecule has 1 aromatic heterocycles. The average Bonchev–Trinajstić information content (AvgIpc) is 2.95. The summed E-state index contributed by atoms with van der Waals surface area (Å²) in [6.45, 7) is 0. The fourth-order valence-corrected chi connectivity index (χ4v) is 3.41. The number of hydrogen-bond donors (Lipinski definition) is 1. The number of nitrogens with zero attached hydrogens (tertiary/aromatic N) is 2. The molecule has 1 amide bonds. The topological polar surface area (TPSA) is 54.9 Å². The average molecular weight is 385 g/mol. The van der Waals surface area contributed by atoms with Gasteiger partial charge < -0.3 is 0 Å². The Balaban J connectivity index is 1.82. The summed E-state index contributed by atoms with van der Waals surface area (Å²) in [7, 11) is 0. The first-order chi connectivity index (χ1) is 11.0. The van der Waals surface area contributed by atoms with E-state index in [9.17, 15) is 4.79 Å². The molecule has 2 aromatic carbocycles. The van der Waals surface area contributed by atoms with Crippen molar-refractivity contribution in [1.29, 1.82) is 0 Å². The zero-order valence-electron chi connectivity index (χ0n) is 11.4. The molecule has 23 heavy (non-hydrogen) atoms. The van der Waals surface area contributed by atoms with Crippen LogP contribution < -0.4 is 5.32 Å². The van der Waals surface area contributed by atoms with E-state index in [1.165, 1.54) is 17.4 Å². The largest absolute Gasteiger partial charge is 0.296 e. The van der Waals surface area contributed by atoms with E-state index in [2.05, 4.69) is 15.5 Å². The van der Waals surface area contributed by atoms with E-state index in [1.807, 2.05) is 18.2 Å². The number of carbonyl (C=O) groups is 1. The SMILES string of the molecule is O=C(Nc1nnc(-c2ccccc2Cl)s1)c1ccc(Cl)cc1Cl. The Morgan fingerprint density at radius 1 is 1.00 bits per heavy atom. The minimum absolute atomic E-state index is 0.269. The van der Waals surface area contributed by atoms with Crippen LogP contribution in [0.4, 0.5) is 5.13 Å². The number of aromatic nitrogens is 2. The molecule has 3 rings (SSSR count). The predicted octanol–water partition coefficient (Wildman–Crippen LogP) is 5.42. The van der Waals surface area contributed by atoms with E-state index in [-0.39, 0.29) is 10.9 Å². The molecule has 0 radical (unpaired) electrons. The van der Waals surface area contributed by atoms with E-state index < -0.39 is 0 Å². The van der Waals surface area contributed by atoms with Crippen molar-refractivity contribution in [3.63, 3.8) is 0 Å². The van der Waals surface area contributed by atoms with Crippen molar-refractivity contribution in [3.05, 3.63) is 63.1 Å². The van der Waals surface area contributed by atoms with Crippen LogP contribution in [0.2, 0.25) is 15.1 Å². The summed E-state index contributed by atoms with van der Waals surface area (Å²) in [6, 6.07) is 11.9. The van der Waals surface area contributed by atoms with Crippen LogP contribution in [0, 0.1) is 0 Å². The van der Waals surface area contributed by atoms with Gasteiger partial charge in [-0.1, -0.05) is 64.3 Å². The minimum atomic E-state index is -0.381. The highest BCUT2D eigenvalue weighted by atomic mass is 35.5. The van der Waals surface area contributed by atoms with Crippen LogP contribution in [-0.2, 0) is 0 Å². The smallest absolute Gasteiger partial charge is 0.259 e. The maximum atomic E-state index is 12.2. The van der Waals surface area contributed by atoms with Gasteiger partial charge in [0, 0.05) is 10.6 Å². The highest BCUT2D eigenvalue weighted by Gasteiger charge is 2.15. The maximum Gasteiger partial charge on any atom is 0.259 e. The lowest BCUT2D eigenvalue weighted by Gasteiger charge is -2.03. The fraction of sp³-hybridized carbons (Fsp3) is 0. The second-order valence-electron chi connectivity index (χ2n) is 4.47. The second kappa shape index (κ2) is 6.84. The van der Waals surface area contributed by atoms with Crippen LogP contribution >= 0.6 is 46.1 Å². The molecule has 0 spiro atoms. The Morgan fingerprint density at radius 2 is 1.78 bits per heavy atom. The lowest BCUT2D eigenvalue weighted by molar-refractivity contribution is 0.102. The van der Waals surface area contributed by atoms with Crippen LogP contribution in [0.25, 0.3) is 10.6 Å². The zero-order valence-corrected chi connectivity index (χ0v) is 14.5. The van der Waals surface area contributed by atoms with Gasteiger partial charge in [-0.25, -0.2) is 0 Å². The Labute approximate surface area is 151 Å². The normalized spacial score (nSPS) is 10.6. The molecule has 0 unspecified atom stereocenters. The number of hydrogen-bond acceptors (Lipinski definition) is 4. The van der Waals surface area contributed by atoms with Crippen molar-refractivity contribution in [2.45, 2.75) is 0 Å². The molecule has 0 atom stereocenters. The molecule has 1 heterocycles. The molecule has 116 valence electrons. The number of halogens is 3. The third-order valence-corrected chi connectivity index (χ3v) is 4.67. The number of amides is 1. The van der Waals surface area contributed by atoms with Gasteiger partial charge in [0.25, 0.3) is 5.91 Å². The first-order valence-corrected chi connectivity index (χ1v) is 8.34. The molecule has 8 heteroatoms. The fourth-order valence-electron chi connectivity index (χ4n) is 1.86. The summed E-state index contributed by atoms with van der Waals surface area (Å²) >= 11 is 19.2. The van der Waals surface area contributed by atoms with Crippen molar-refractivity contribution in [2.24, 2.45) is 0 Å². The lowest BCUT2D eigenvalue weighted by Crippen LogP contribution is -2.12. The van der Waals surface area contributed by atoms with Crippen LogP contribution in [0.5, 0.6) is 0 Å². The van der Waals surface area contributed by atoms with Gasteiger partial charge in [0.05, 0.1) is 15.6 Å². The van der Waals surface area contributed by atoms with Crippen LogP contribution in [0.3, 0.4) is 0 Å². The van der Waals surface area contributed by atoms with E-state index in [0.29, 0.717) is 25.7 Å². The molecule has 3 aromatic rings. The molecular weight excluding hydrogens is 377 g/mol. The summed E-state index contributed by atoms with van der Waals surface area (Å²) in [4.78, 5) is 12.2. The van der Waals surface area contributed by atoms with Gasteiger partial charge in [-0.15, -0.1) is 10.2 Å². The summed E-state index contributed by atoms with van der Waals surface area (Å²) in [5.74, 6) is -0.381. The summed E-state index contributed by atoms with van der Waals surface area (Å²) < 4.78 is 0. The van der Waals surface area contributed by atoms with Gasteiger partial charge in [-0.2, -0.15) is 0 Å². The number of anilines is 1. The zero-order chi connectivity index (χ0) is 16.4. The van der Waals surface area contributed by atoms with Gasteiger partial charge in [0.2, 0.25) is 5.13 Å². The minimum Gasteiger partial charge on any atom is -0.296 e. The molecule has 0 aliphatic rings. The highest BCUT2D eigenvalue weighted by molar-refractivity contribution is 7.18. The Hall–Kier alpha value is -1.66. The summed E-state index contributed by atoms with van der Waals surface area (Å²) in [6.07, 6.45) is 0. The monoisotopic (exact) mass is 383 g/mol. The molecule has 0 aliphatic heterocycles. The standard InChI is InChI=1S/C15H8Cl3N3OS/c16-8-5-6-9(12(18)7-8)13(22)19-15-21-20-14(23-15)10-3-1-2-4-11(10)17/h1-7H,(H,19,21,22). The van der Waals surface area contributed by atoms with E-state index in [0.717, 1.165) is 5.56 Å². The third-order valence-electron chi connectivity index (χ3n) is 2.93. The summed E-state index contributed by atoms with van der Waals surface area (Å²) in [5.41, 5.74) is 1.07. The lowest BCUT2D eigenvalue weighted by atomic mass is 10.2. The number of benzene rings is 2. The van der Waals surface area contributed by atoms with Crippen molar-refractivity contribution in [3.8, 4) is 10.6 Å². The maximum absolute atomic E-state index is 12.2. The molecule has 0 fully saturated rings. The molecule has 4 nitrogen and oxygen atoms in total. The quantitative estimate of drug-likeness (QED) is 0.656. The third kappa shape index (κ3) is 3.64. The van der Waals surface area contributed by atoms with Crippen molar-refractivity contribution in [1.82, 2.24) is 10.2 Å². The first kappa shape index (κ1) is 16.2. The molecular formula is C15H8Cl3N3OS. The van der Waals surface area contributed by atoms with E-state index >= 15 is 0 Å². The molecule has 1 N–H and O–H groups in total. The van der Waals surface area contributed by atoms with Gasteiger partial charge in [-0.3, -0.25) is 10.1 Å². The first-order valence-electron chi connectivity index (χ1n) is 6.39. The van der Waals surface area contributed by atoms with Crippen LogP contribution in [0.1, 0.15) is 10.4 Å². The summed E-state index contributed by atoms with van der Waals surface area (Å²) in [5, 5.41) is 12.9. The van der Waals surface area contributed by atoms with Crippen molar-refractivity contribution >= 4 is 57.2 Å². The molecule has 0 aliphatic carbocycles. The number of carbonyl (C=O) groups excluding carboxylic acids is 1. The van der Waals surface area contributed by atoms with Gasteiger partial charge in [0.15, 0.2) is 5.01 Å². The van der Waals surface area contributed by atoms with Gasteiger partial charge in [0.1, 0.15) is 0 Å². The van der Waals surface area contributed by atoms with Gasteiger partial charge in [-0.05, 0) is 24.3 Å². The molecule has 0 bridgehead atoms. The Bertz CT molecular complexity index is 882. The Kier molecular flexibility index (Phi) is 4.82. The van der Waals surface area contributed by atoms with Crippen molar-refractivity contribution < 1.29 is 4.79 Å². The molecule has 0 saturated carbocycles. The number of nitrogens with one attached hydrogen (secondary N) is 1. The highest BCUT2D eigenvalue weighted by Crippen LogP contribution is 2.32. The number of rotatable bonds is 3. The van der Waals surface area contributed by atoms with Gasteiger partial charge >= 0.3 is 0 Å². The molecule has 0 saturated heterocycles. The van der Waals surface area contributed by atoms with E-state index in [1.54, 1.807) is 18.2 Å². The van der Waals surface area contributed by atoms with Crippen molar-refractivity contribution in [2.75, 3.05) is 5.32 Å². The van der Waals surface area contributed by atoms with E-state index in [4.69, 9.17) is 34.8 Å². The predicted molar refractivity (Wildman–Crippen MR) is 94.8 cm³/mol. The van der Waals surface area contributed by atoms with Crippen LogP contribution in [-0.4, -0.2) is 16.1 Å². The second-order valence-corrected chi connectivity index (χ2v) is 6.70. The van der Waals surface area contributed by atoms with Crippen LogP contribution in [0.15, 0.2) is 42.5 Å².